The smallest absolute Gasteiger partial charge is 0.111 e. The number of rotatable bonds is 1. The van der Waals surface area contributed by atoms with E-state index >= 15 is 0 Å². The molecule has 0 bridgehead atoms. The minimum atomic E-state index is -0.261. The molecule has 0 heterocycles. The van der Waals surface area contributed by atoms with Crippen molar-refractivity contribution >= 4 is 53.4 Å². The summed E-state index contributed by atoms with van der Waals surface area (Å²) in [5, 5.41) is 15.1. The Kier molecular flexibility index (Phi) is 5.56. The van der Waals surface area contributed by atoms with Crippen LogP contribution in [0.3, 0.4) is 0 Å². The van der Waals surface area contributed by atoms with E-state index in [9.17, 15) is 5.11 Å². The lowest BCUT2D eigenvalue weighted by atomic mass is 9.73. The van der Waals surface area contributed by atoms with Crippen molar-refractivity contribution in [1.29, 1.82) is 0 Å². The summed E-state index contributed by atoms with van der Waals surface area (Å²) >= 11 is 7.41. The Balaban J connectivity index is 0.000000314. The molecule has 32 heavy (non-hydrogen) atoms. The second kappa shape index (κ2) is 8.38. The van der Waals surface area contributed by atoms with Gasteiger partial charge in [-0.3, -0.25) is 0 Å². The van der Waals surface area contributed by atoms with E-state index in [0.29, 0.717) is 5.76 Å². The maximum absolute atomic E-state index is 9.93. The molecule has 0 atom stereocenters. The van der Waals surface area contributed by atoms with Gasteiger partial charge in [-0.2, -0.15) is 0 Å². The molecule has 0 radical (unpaired) electrons. The average Bonchev–Trinajstić information content (AvgIpc) is 2.93. The van der Waals surface area contributed by atoms with E-state index in [-0.39, 0.29) is 5.41 Å². The molecule has 2 aliphatic rings. The molecule has 0 spiro atoms. The Hall–Kier alpha value is -2.62. The van der Waals surface area contributed by atoms with Crippen LogP contribution in [-0.2, 0) is 5.41 Å². The van der Waals surface area contributed by atoms with Crippen molar-refractivity contribution in [3.63, 3.8) is 0 Å². The minimum Gasteiger partial charge on any atom is -0.508 e. The van der Waals surface area contributed by atoms with Crippen LogP contribution in [0, 0.1) is 0 Å². The summed E-state index contributed by atoms with van der Waals surface area (Å²) in [5.74, 6) is 0.328. The number of hydrogen-bond acceptors (Lipinski definition) is 1. The molecule has 158 valence electrons. The lowest BCUT2D eigenvalue weighted by Gasteiger charge is -2.30. The van der Waals surface area contributed by atoms with Crippen molar-refractivity contribution in [2.75, 3.05) is 0 Å². The second-order valence-corrected chi connectivity index (χ2v) is 10.1. The van der Waals surface area contributed by atoms with Gasteiger partial charge in [0.05, 0.1) is 0 Å². The van der Waals surface area contributed by atoms with Gasteiger partial charge in [-0.1, -0.05) is 92.5 Å². The van der Waals surface area contributed by atoms with Crippen LogP contribution in [0.4, 0.5) is 0 Å². The molecule has 0 aliphatic heterocycles. The number of aliphatic hydroxyl groups excluding tert-OH is 1. The van der Waals surface area contributed by atoms with Crippen LogP contribution in [0.2, 0.25) is 0 Å². The Labute approximate surface area is 205 Å². The topological polar surface area (TPSA) is 20.2 Å². The van der Waals surface area contributed by atoms with Gasteiger partial charge in [0.15, 0.2) is 0 Å². The van der Waals surface area contributed by atoms with Crippen LogP contribution in [-0.4, -0.2) is 5.11 Å². The fourth-order valence-corrected chi connectivity index (χ4v) is 5.83. The summed E-state index contributed by atoms with van der Waals surface area (Å²) in [6, 6.07) is 25.3. The number of aliphatic hydroxyl groups is 1. The molecular formula is C29H22Br2O. The summed E-state index contributed by atoms with van der Waals surface area (Å²) in [6.07, 6.45) is 8.67. The number of benzene rings is 4. The van der Waals surface area contributed by atoms with Crippen molar-refractivity contribution < 1.29 is 5.11 Å². The van der Waals surface area contributed by atoms with E-state index in [2.05, 4.69) is 87.3 Å². The van der Waals surface area contributed by atoms with Gasteiger partial charge in [0, 0.05) is 14.4 Å². The summed E-state index contributed by atoms with van der Waals surface area (Å²) in [6.45, 7) is 2.30. The Morgan fingerprint density at radius 2 is 1.22 bits per heavy atom. The van der Waals surface area contributed by atoms with Crippen molar-refractivity contribution in [1.82, 2.24) is 0 Å². The predicted molar refractivity (Wildman–Crippen MR) is 142 cm³/mol. The van der Waals surface area contributed by atoms with Crippen LogP contribution in [0.15, 0.2) is 117 Å². The first-order valence-corrected chi connectivity index (χ1v) is 12.2. The summed E-state index contributed by atoms with van der Waals surface area (Å²) in [5.41, 5.74) is 3.59. The Morgan fingerprint density at radius 1 is 0.719 bits per heavy atom. The number of allylic oxidation sites excluding steroid dienone is 5. The highest BCUT2D eigenvalue weighted by atomic mass is 79.9. The highest BCUT2D eigenvalue weighted by Gasteiger charge is 2.40. The molecule has 0 unspecified atom stereocenters. The van der Waals surface area contributed by atoms with Crippen molar-refractivity contribution in [2.45, 2.75) is 18.8 Å². The van der Waals surface area contributed by atoms with Crippen LogP contribution >= 0.6 is 31.9 Å². The van der Waals surface area contributed by atoms with E-state index in [4.69, 9.17) is 0 Å². The highest BCUT2D eigenvalue weighted by Crippen LogP contribution is 2.54. The maximum Gasteiger partial charge on any atom is 0.111 e. The molecular weight excluding hydrogens is 524 g/mol. The number of hydrogen-bond donors (Lipinski definition) is 1. The van der Waals surface area contributed by atoms with Crippen LogP contribution in [0.1, 0.15) is 24.5 Å². The molecule has 3 heteroatoms. The summed E-state index contributed by atoms with van der Waals surface area (Å²) < 4.78 is 2.19. The van der Waals surface area contributed by atoms with Crippen molar-refractivity contribution in [3.05, 3.63) is 129 Å². The molecule has 1 N–H and O–H groups in total. The highest BCUT2D eigenvalue weighted by molar-refractivity contribution is 9.10. The van der Waals surface area contributed by atoms with E-state index in [0.717, 1.165) is 15.4 Å². The van der Waals surface area contributed by atoms with Gasteiger partial charge in [0.1, 0.15) is 5.76 Å². The van der Waals surface area contributed by atoms with Gasteiger partial charge >= 0.3 is 0 Å². The number of halogens is 2. The molecule has 0 saturated carbocycles. The third-order valence-electron chi connectivity index (χ3n) is 6.38. The lowest BCUT2D eigenvalue weighted by molar-refractivity contribution is 0.430. The fraction of sp³-hybridized carbons (Fsp3) is 0.103. The average molecular weight is 546 g/mol. The molecule has 0 fully saturated rings. The SMILES string of the molecule is CC1(C2=CCC=C(O)C=C2)c2cc(Br)cc3ccc4cc(Br)cc1c4c23.c1ccccc1. The monoisotopic (exact) mass is 544 g/mol. The molecule has 2 aliphatic carbocycles. The standard InChI is InChI=1S/C23H16Br2O.C6H6/c1-23(15-3-2-4-18(26)8-7-15)19-11-16(24)9-13-5-6-14-10-17(25)12-20(23)22(14)21(13)19;1-2-4-6-5-3-1/h3-12,26H,2H2,1H3;1-6H. The Bertz CT molecular complexity index is 1330. The molecule has 0 aromatic heterocycles. The summed E-state index contributed by atoms with van der Waals surface area (Å²) in [4.78, 5) is 0. The van der Waals surface area contributed by atoms with Gasteiger partial charge in [-0.25, -0.2) is 0 Å². The third kappa shape index (κ3) is 3.54. The summed E-state index contributed by atoms with van der Waals surface area (Å²) in [7, 11) is 0. The van der Waals surface area contributed by atoms with E-state index in [1.807, 2.05) is 42.5 Å². The quantitative estimate of drug-likeness (QED) is 0.236. The zero-order chi connectivity index (χ0) is 22.3. The molecule has 6 rings (SSSR count). The first kappa shape index (κ1) is 21.2. The zero-order valence-electron chi connectivity index (χ0n) is 17.6. The predicted octanol–water partition coefficient (Wildman–Crippen LogP) is 9.15. The van der Waals surface area contributed by atoms with Crippen LogP contribution in [0.5, 0.6) is 0 Å². The molecule has 0 amide bonds. The van der Waals surface area contributed by atoms with Gasteiger partial charge in [0.2, 0.25) is 0 Å². The van der Waals surface area contributed by atoms with E-state index in [1.165, 1.54) is 38.2 Å². The molecule has 4 aromatic rings. The largest absolute Gasteiger partial charge is 0.508 e. The molecule has 4 aromatic carbocycles. The van der Waals surface area contributed by atoms with Gasteiger partial charge in [0.25, 0.3) is 0 Å². The minimum absolute atomic E-state index is 0.261. The van der Waals surface area contributed by atoms with Gasteiger partial charge < -0.3 is 5.11 Å². The molecule has 1 nitrogen and oxygen atoms in total. The van der Waals surface area contributed by atoms with E-state index < -0.39 is 0 Å². The Morgan fingerprint density at radius 3 is 1.72 bits per heavy atom. The van der Waals surface area contributed by atoms with Crippen molar-refractivity contribution in [3.8, 4) is 0 Å². The lowest BCUT2D eigenvalue weighted by Crippen LogP contribution is -2.23. The first-order valence-electron chi connectivity index (χ1n) is 10.6. The van der Waals surface area contributed by atoms with Crippen molar-refractivity contribution in [2.24, 2.45) is 0 Å². The van der Waals surface area contributed by atoms with Crippen LogP contribution < -0.4 is 0 Å². The maximum atomic E-state index is 9.93. The normalized spacial score (nSPS) is 15.8. The first-order chi connectivity index (χ1) is 15.5. The third-order valence-corrected chi connectivity index (χ3v) is 7.30. The van der Waals surface area contributed by atoms with Gasteiger partial charge in [-0.05, 0) is 88.0 Å². The molecule has 0 saturated heterocycles. The van der Waals surface area contributed by atoms with Crippen LogP contribution in [0.25, 0.3) is 21.5 Å². The fourth-order valence-electron chi connectivity index (χ4n) is 4.87. The zero-order valence-corrected chi connectivity index (χ0v) is 20.8. The van der Waals surface area contributed by atoms with E-state index in [1.54, 1.807) is 6.08 Å². The second-order valence-electron chi connectivity index (χ2n) is 8.31. The van der Waals surface area contributed by atoms with Gasteiger partial charge in [-0.15, -0.1) is 0 Å².